The fourth-order valence-corrected chi connectivity index (χ4v) is 3.71. The molecule has 1 amide bonds. The summed E-state index contributed by atoms with van der Waals surface area (Å²) in [5.74, 6) is 2.46. The van der Waals surface area contributed by atoms with Gasteiger partial charge in [-0.3, -0.25) is 4.79 Å². The van der Waals surface area contributed by atoms with E-state index in [0.29, 0.717) is 17.4 Å². The van der Waals surface area contributed by atoms with Gasteiger partial charge in [-0.2, -0.15) is 0 Å². The zero-order valence-corrected chi connectivity index (χ0v) is 16.0. The molecular formula is C19H24N4O2S. The fourth-order valence-electron chi connectivity index (χ4n) is 3.05. The van der Waals surface area contributed by atoms with E-state index in [-0.39, 0.29) is 11.7 Å². The average Bonchev–Trinajstić information content (AvgIpc) is 2.67. The molecule has 2 aromatic rings. The number of methoxy groups -OCH3 is 1. The van der Waals surface area contributed by atoms with Crippen molar-refractivity contribution in [1.29, 1.82) is 0 Å². The molecule has 1 N–H and O–H groups in total. The number of ether oxygens (including phenoxy) is 1. The van der Waals surface area contributed by atoms with Gasteiger partial charge in [0.05, 0.1) is 18.6 Å². The molecule has 1 atom stereocenters. The van der Waals surface area contributed by atoms with Gasteiger partial charge in [-0.15, -0.1) is 0 Å². The molecule has 26 heavy (non-hydrogen) atoms. The third-order valence-electron chi connectivity index (χ3n) is 4.34. The van der Waals surface area contributed by atoms with Crippen LogP contribution in [-0.4, -0.2) is 41.8 Å². The molecule has 1 aromatic heterocycles. The van der Waals surface area contributed by atoms with Gasteiger partial charge in [0.2, 0.25) is 5.91 Å². The van der Waals surface area contributed by atoms with Crippen LogP contribution in [0, 0.1) is 5.92 Å². The van der Waals surface area contributed by atoms with Crippen LogP contribution in [0.25, 0.3) is 0 Å². The summed E-state index contributed by atoms with van der Waals surface area (Å²) in [4.78, 5) is 23.2. The van der Waals surface area contributed by atoms with Crippen molar-refractivity contribution in [2.75, 3.05) is 36.2 Å². The summed E-state index contributed by atoms with van der Waals surface area (Å²) in [7, 11) is 1.59. The second-order valence-electron chi connectivity index (χ2n) is 6.44. The number of anilines is 2. The van der Waals surface area contributed by atoms with Crippen molar-refractivity contribution in [3.05, 3.63) is 36.7 Å². The number of carbonyl (C=O) groups excluding carboxylic acids is 1. The monoisotopic (exact) mass is 372 g/mol. The number of para-hydroxylation sites is 2. The van der Waals surface area contributed by atoms with Gasteiger partial charge >= 0.3 is 0 Å². The Balaban J connectivity index is 1.57. The van der Waals surface area contributed by atoms with Crippen molar-refractivity contribution in [2.24, 2.45) is 5.92 Å². The van der Waals surface area contributed by atoms with Crippen LogP contribution < -0.4 is 15.0 Å². The van der Waals surface area contributed by atoms with Crippen molar-refractivity contribution in [3.63, 3.8) is 0 Å². The normalized spacial score (nSPS) is 17.0. The van der Waals surface area contributed by atoms with E-state index < -0.39 is 0 Å². The zero-order chi connectivity index (χ0) is 18.4. The zero-order valence-electron chi connectivity index (χ0n) is 15.1. The first-order valence-electron chi connectivity index (χ1n) is 8.78. The first kappa shape index (κ1) is 18.5. The van der Waals surface area contributed by atoms with E-state index in [1.54, 1.807) is 13.4 Å². The lowest BCUT2D eigenvalue weighted by atomic mass is 10.0. The van der Waals surface area contributed by atoms with Crippen LogP contribution in [0.4, 0.5) is 11.5 Å². The van der Waals surface area contributed by atoms with Gasteiger partial charge in [-0.1, -0.05) is 30.8 Å². The number of piperidine rings is 1. The first-order chi connectivity index (χ1) is 12.7. The highest BCUT2D eigenvalue weighted by Gasteiger charge is 2.18. The Bertz CT molecular complexity index is 756. The average molecular weight is 372 g/mol. The van der Waals surface area contributed by atoms with Crippen molar-refractivity contribution >= 4 is 29.2 Å². The molecule has 1 fully saturated rings. The molecule has 7 heteroatoms. The van der Waals surface area contributed by atoms with Crippen LogP contribution in [0.2, 0.25) is 0 Å². The molecule has 138 valence electrons. The second kappa shape index (κ2) is 8.89. The second-order valence-corrected chi connectivity index (χ2v) is 7.44. The van der Waals surface area contributed by atoms with E-state index in [1.807, 2.05) is 30.3 Å². The topological polar surface area (TPSA) is 67.3 Å². The highest BCUT2D eigenvalue weighted by molar-refractivity contribution is 7.99. The lowest BCUT2D eigenvalue weighted by molar-refractivity contribution is -0.113. The molecule has 1 aliphatic rings. The third kappa shape index (κ3) is 4.88. The third-order valence-corrected chi connectivity index (χ3v) is 5.27. The maximum atomic E-state index is 12.2. The minimum absolute atomic E-state index is 0.0914. The standard InChI is InChI=1S/C19H24N4O2S/c1-14-6-5-9-23(11-14)17-10-19(21-13-20-17)26-12-18(24)22-15-7-3-4-8-16(15)25-2/h3-4,7-8,10,13-14H,5-6,9,11-12H2,1-2H3,(H,22,24). The van der Waals surface area contributed by atoms with Crippen molar-refractivity contribution in [3.8, 4) is 5.75 Å². The van der Waals surface area contributed by atoms with Gasteiger partial charge in [0.15, 0.2) is 0 Å². The van der Waals surface area contributed by atoms with Gasteiger partial charge in [0.25, 0.3) is 0 Å². The molecule has 0 saturated carbocycles. The number of hydrogen-bond donors (Lipinski definition) is 1. The Morgan fingerprint density at radius 2 is 2.23 bits per heavy atom. The fraction of sp³-hybridized carbons (Fsp3) is 0.421. The SMILES string of the molecule is COc1ccccc1NC(=O)CSc1cc(N2CCCC(C)C2)ncn1. The Morgan fingerprint density at radius 3 is 3.04 bits per heavy atom. The van der Waals surface area contributed by atoms with E-state index in [4.69, 9.17) is 4.74 Å². The molecule has 0 spiro atoms. The molecule has 2 heterocycles. The predicted octanol–water partition coefficient (Wildman–Crippen LogP) is 3.45. The van der Waals surface area contributed by atoms with E-state index in [9.17, 15) is 4.79 Å². The summed E-state index contributed by atoms with van der Waals surface area (Å²) in [6, 6.07) is 9.34. The van der Waals surface area contributed by atoms with Gasteiger partial charge < -0.3 is 15.0 Å². The summed E-state index contributed by atoms with van der Waals surface area (Å²) in [5, 5.41) is 3.69. The van der Waals surface area contributed by atoms with Crippen LogP contribution in [0.15, 0.2) is 41.7 Å². The van der Waals surface area contributed by atoms with Crippen molar-refractivity contribution in [1.82, 2.24) is 9.97 Å². The quantitative estimate of drug-likeness (QED) is 0.619. The van der Waals surface area contributed by atoms with Gasteiger partial charge in [0.1, 0.15) is 22.9 Å². The maximum Gasteiger partial charge on any atom is 0.234 e. The molecule has 0 aliphatic carbocycles. The molecule has 1 aromatic carbocycles. The van der Waals surface area contributed by atoms with Gasteiger partial charge in [-0.25, -0.2) is 9.97 Å². The number of carbonyl (C=O) groups is 1. The minimum Gasteiger partial charge on any atom is -0.495 e. The van der Waals surface area contributed by atoms with E-state index >= 15 is 0 Å². The van der Waals surface area contributed by atoms with E-state index in [0.717, 1.165) is 23.9 Å². The number of nitrogens with one attached hydrogen (secondary N) is 1. The summed E-state index contributed by atoms with van der Waals surface area (Å²) in [6.07, 6.45) is 4.04. The molecule has 1 unspecified atom stereocenters. The first-order valence-corrected chi connectivity index (χ1v) is 9.77. The Kier molecular flexibility index (Phi) is 6.33. The number of rotatable bonds is 6. The Hall–Kier alpha value is -2.28. The number of benzene rings is 1. The van der Waals surface area contributed by atoms with Crippen LogP contribution in [0.3, 0.4) is 0 Å². The Morgan fingerprint density at radius 1 is 1.38 bits per heavy atom. The highest BCUT2D eigenvalue weighted by atomic mass is 32.2. The summed E-state index contributed by atoms with van der Waals surface area (Å²) in [6.45, 7) is 4.32. The van der Waals surface area contributed by atoms with Crippen LogP contribution in [0.5, 0.6) is 5.75 Å². The largest absolute Gasteiger partial charge is 0.495 e. The Labute approximate surface area is 158 Å². The maximum absolute atomic E-state index is 12.2. The lowest BCUT2D eigenvalue weighted by Gasteiger charge is -2.31. The number of aromatic nitrogens is 2. The lowest BCUT2D eigenvalue weighted by Crippen LogP contribution is -2.34. The van der Waals surface area contributed by atoms with Crippen LogP contribution in [0.1, 0.15) is 19.8 Å². The minimum atomic E-state index is -0.0914. The van der Waals surface area contributed by atoms with Gasteiger partial charge in [-0.05, 0) is 30.9 Å². The summed E-state index contributed by atoms with van der Waals surface area (Å²) in [5.41, 5.74) is 0.672. The molecule has 0 radical (unpaired) electrons. The van der Waals surface area contributed by atoms with E-state index in [2.05, 4.69) is 27.1 Å². The number of nitrogens with zero attached hydrogens (tertiary/aromatic N) is 3. The molecule has 3 rings (SSSR count). The summed E-state index contributed by atoms with van der Waals surface area (Å²) >= 11 is 1.41. The highest BCUT2D eigenvalue weighted by Crippen LogP contribution is 2.26. The molecule has 1 aliphatic heterocycles. The molecule has 0 bridgehead atoms. The van der Waals surface area contributed by atoms with Crippen molar-refractivity contribution < 1.29 is 9.53 Å². The van der Waals surface area contributed by atoms with Crippen LogP contribution >= 0.6 is 11.8 Å². The van der Waals surface area contributed by atoms with E-state index in [1.165, 1.54) is 24.6 Å². The van der Waals surface area contributed by atoms with Gasteiger partial charge in [0, 0.05) is 19.2 Å². The van der Waals surface area contributed by atoms with Crippen LogP contribution in [-0.2, 0) is 4.79 Å². The smallest absolute Gasteiger partial charge is 0.234 e. The molecular weight excluding hydrogens is 348 g/mol. The number of thioether (sulfide) groups is 1. The molecule has 1 saturated heterocycles. The summed E-state index contributed by atoms with van der Waals surface area (Å²) < 4.78 is 5.25. The number of amides is 1. The van der Waals surface area contributed by atoms with Crippen molar-refractivity contribution in [2.45, 2.75) is 24.8 Å². The number of hydrogen-bond acceptors (Lipinski definition) is 6. The molecule has 6 nitrogen and oxygen atoms in total. The predicted molar refractivity (Wildman–Crippen MR) is 105 cm³/mol.